The van der Waals surface area contributed by atoms with Crippen LogP contribution in [0, 0.1) is 0 Å². The first-order valence-corrected chi connectivity index (χ1v) is 12.2. The normalized spacial score (nSPS) is 13.0. The average molecular weight is 468 g/mol. The molecule has 3 aromatic carbocycles. The van der Waals surface area contributed by atoms with Gasteiger partial charge in [-0.2, -0.15) is 0 Å². The average Bonchev–Trinajstić information content (AvgIpc) is 2.92. The molecular weight excluding hydrogens is 434 g/mol. The largest absolute Gasteiger partial charge is 0.497 e. The van der Waals surface area contributed by atoms with Crippen molar-refractivity contribution in [3.63, 3.8) is 0 Å². The number of methoxy groups -OCH3 is 2. The number of aryl methyl sites for hydroxylation is 1. The maximum absolute atomic E-state index is 12.3. The van der Waals surface area contributed by atoms with Crippen LogP contribution in [0.1, 0.15) is 48.1 Å². The molecule has 0 unspecified atom stereocenters. The molecule has 1 amide bonds. The number of hydrogen-bond acceptors (Lipinski definition) is 3. The lowest BCUT2D eigenvalue weighted by atomic mass is 9.79. The zero-order chi connectivity index (χ0) is 24.8. The number of nitrogens with zero attached hydrogens (tertiary/aromatic N) is 1. The Morgan fingerprint density at radius 2 is 1.46 bits per heavy atom. The Morgan fingerprint density at radius 3 is 2.09 bits per heavy atom. The molecule has 1 aliphatic rings. The van der Waals surface area contributed by atoms with Gasteiger partial charge in [-0.25, -0.2) is 0 Å². The number of benzene rings is 3. The van der Waals surface area contributed by atoms with Crippen molar-refractivity contribution in [1.29, 1.82) is 0 Å². The van der Waals surface area contributed by atoms with Gasteiger partial charge in [-0.15, -0.1) is 0 Å². The standard InChI is InChI=1S/C31H33NO3/c1-5-32(6-2)30(33)20-9-22-7-10-24(11-8-22)31-28(23-12-15-26(34-3)16-13-23)18-14-25-21-27(35-4)17-19-29(25)31/h7-13,15-17,19-21H,5-6,14,18H2,1-4H3. The zero-order valence-electron chi connectivity index (χ0n) is 21.0. The Balaban J connectivity index is 1.74. The highest BCUT2D eigenvalue weighted by atomic mass is 16.5. The van der Waals surface area contributed by atoms with Gasteiger partial charge in [-0.3, -0.25) is 4.79 Å². The molecule has 0 radical (unpaired) electrons. The van der Waals surface area contributed by atoms with Gasteiger partial charge in [-0.1, -0.05) is 42.5 Å². The molecule has 0 bridgehead atoms. The highest BCUT2D eigenvalue weighted by Crippen LogP contribution is 2.42. The molecule has 0 heterocycles. The van der Waals surface area contributed by atoms with Crippen molar-refractivity contribution in [2.45, 2.75) is 26.7 Å². The summed E-state index contributed by atoms with van der Waals surface area (Å²) in [5, 5.41) is 0. The van der Waals surface area contributed by atoms with Gasteiger partial charge >= 0.3 is 0 Å². The molecule has 4 nitrogen and oxygen atoms in total. The molecule has 0 aromatic heterocycles. The van der Waals surface area contributed by atoms with Gasteiger partial charge in [0, 0.05) is 19.2 Å². The summed E-state index contributed by atoms with van der Waals surface area (Å²) in [6, 6.07) is 23.1. The van der Waals surface area contributed by atoms with E-state index in [1.165, 1.54) is 27.8 Å². The van der Waals surface area contributed by atoms with Gasteiger partial charge in [0.2, 0.25) is 5.91 Å². The quantitative estimate of drug-likeness (QED) is 0.355. The van der Waals surface area contributed by atoms with E-state index in [0.29, 0.717) is 13.1 Å². The number of rotatable bonds is 8. The van der Waals surface area contributed by atoms with Crippen LogP contribution in [0.3, 0.4) is 0 Å². The van der Waals surface area contributed by atoms with Gasteiger partial charge in [0.1, 0.15) is 11.5 Å². The lowest BCUT2D eigenvalue weighted by Crippen LogP contribution is -2.28. The molecule has 0 aliphatic heterocycles. The van der Waals surface area contributed by atoms with Gasteiger partial charge in [0.15, 0.2) is 0 Å². The van der Waals surface area contributed by atoms with E-state index in [2.05, 4.69) is 48.5 Å². The van der Waals surface area contributed by atoms with Crippen LogP contribution >= 0.6 is 0 Å². The highest BCUT2D eigenvalue weighted by Gasteiger charge is 2.22. The van der Waals surface area contributed by atoms with E-state index >= 15 is 0 Å². The van der Waals surface area contributed by atoms with Crippen LogP contribution in [0.2, 0.25) is 0 Å². The smallest absolute Gasteiger partial charge is 0.246 e. The molecule has 4 rings (SSSR count). The van der Waals surface area contributed by atoms with E-state index < -0.39 is 0 Å². The fourth-order valence-corrected chi connectivity index (χ4v) is 4.67. The molecule has 0 saturated carbocycles. The molecule has 0 N–H and O–H groups in total. The summed E-state index contributed by atoms with van der Waals surface area (Å²) in [6.07, 6.45) is 5.46. The van der Waals surface area contributed by atoms with Crippen molar-refractivity contribution in [1.82, 2.24) is 4.90 Å². The molecule has 3 aromatic rings. The van der Waals surface area contributed by atoms with Crippen molar-refractivity contribution in [2.75, 3.05) is 27.3 Å². The fraction of sp³-hybridized carbons (Fsp3) is 0.258. The molecule has 1 aliphatic carbocycles. The van der Waals surface area contributed by atoms with Crippen LogP contribution in [-0.4, -0.2) is 38.1 Å². The Hall–Kier alpha value is -3.79. The lowest BCUT2D eigenvalue weighted by molar-refractivity contribution is -0.125. The first-order valence-electron chi connectivity index (χ1n) is 12.2. The third kappa shape index (κ3) is 5.32. The van der Waals surface area contributed by atoms with E-state index in [4.69, 9.17) is 9.47 Å². The van der Waals surface area contributed by atoms with Crippen molar-refractivity contribution in [3.8, 4) is 11.5 Å². The summed E-state index contributed by atoms with van der Waals surface area (Å²) in [6.45, 7) is 5.42. The molecule has 0 atom stereocenters. The maximum atomic E-state index is 12.3. The first kappa shape index (κ1) is 24.3. The van der Waals surface area contributed by atoms with Gasteiger partial charge < -0.3 is 14.4 Å². The third-order valence-corrected chi connectivity index (χ3v) is 6.66. The molecule has 0 spiro atoms. The molecule has 35 heavy (non-hydrogen) atoms. The van der Waals surface area contributed by atoms with Gasteiger partial charge in [0.05, 0.1) is 14.2 Å². The predicted molar refractivity (Wildman–Crippen MR) is 144 cm³/mol. The minimum Gasteiger partial charge on any atom is -0.497 e. The number of hydrogen-bond donors (Lipinski definition) is 0. The Labute approximate surface area is 208 Å². The number of ether oxygens (including phenoxy) is 2. The second-order valence-electron chi connectivity index (χ2n) is 8.57. The Morgan fingerprint density at radius 1 is 0.829 bits per heavy atom. The predicted octanol–water partition coefficient (Wildman–Crippen LogP) is 6.49. The van der Waals surface area contributed by atoms with Crippen molar-refractivity contribution < 1.29 is 14.3 Å². The fourth-order valence-electron chi connectivity index (χ4n) is 4.67. The zero-order valence-corrected chi connectivity index (χ0v) is 21.0. The van der Waals surface area contributed by atoms with E-state index in [0.717, 1.165) is 35.5 Å². The molecule has 0 saturated heterocycles. The molecular formula is C31H33NO3. The Kier molecular flexibility index (Phi) is 7.71. The summed E-state index contributed by atoms with van der Waals surface area (Å²) >= 11 is 0. The summed E-state index contributed by atoms with van der Waals surface area (Å²) in [4.78, 5) is 14.2. The van der Waals surface area contributed by atoms with Crippen molar-refractivity contribution >= 4 is 23.1 Å². The van der Waals surface area contributed by atoms with Gasteiger partial charge in [-0.05, 0) is 96.0 Å². The van der Waals surface area contributed by atoms with E-state index in [9.17, 15) is 4.79 Å². The van der Waals surface area contributed by atoms with Gasteiger partial charge in [0.25, 0.3) is 0 Å². The molecule has 4 heteroatoms. The highest BCUT2D eigenvalue weighted by molar-refractivity contribution is 6.01. The molecule has 0 fully saturated rings. The van der Waals surface area contributed by atoms with E-state index in [1.54, 1.807) is 20.3 Å². The monoisotopic (exact) mass is 467 g/mol. The summed E-state index contributed by atoms with van der Waals surface area (Å²) in [5.41, 5.74) is 8.48. The van der Waals surface area contributed by atoms with Crippen LogP contribution in [-0.2, 0) is 11.2 Å². The minimum absolute atomic E-state index is 0.0405. The van der Waals surface area contributed by atoms with E-state index in [1.807, 2.05) is 43.0 Å². The number of amides is 1. The number of likely N-dealkylation sites (N-methyl/N-ethyl adjacent to an activating group) is 1. The summed E-state index contributed by atoms with van der Waals surface area (Å²) in [7, 11) is 3.40. The minimum atomic E-state index is 0.0405. The van der Waals surface area contributed by atoms with Crippen LogP contribution < -0.4 is 9.47 Å². The third-order valence-electron chi connectivity index (χ3n) is 6.66. The summed E-state index contributed by atoms with van der Waals surface area (Å²) in [5.74, 6) is 1.78. The van der Waals surface area contributed by atoms with E-state index in [-0.39, 0.29) is 5.91 Å². The van der Waals surface area contributed by atoms with Crippen LogP contribution in [0.4, 0.5) is 0 Å². The number of allylic oxidation sites excluding steroid dienone is 1. The topological polar surface area (TPSA) is 38.8 Å². The van der Waals surface area contributed by atoms with Crippen molar-refractivity contribution in [3.05, 3.63) is 101 Å². The maximum Gasteiger partial charge on any atom is 0.246 e. The van der Waals surface area contributed by atoms with Crippen molar-refractivity contribution in [2.24, 2.45) is 0 Å². The number of carbonyl (C=O) groups excluding carboxylic acids is 1. The van der Waals surface area contributed by atoms with Crippen LogP contribution in [0.5, 0.6) is 11.5 Å². The second-order valence-corrected chi connectivity index (χ2v) is 8.57. The summed E-state index contributed by atoms with van der Waals surface area (Å²) < 4.78 is 10.9. The second kappa shape index (κ2) is 11.1. The van der Waals surface area contributed by atoms with Crippen LogP contribution in [0.25, 0.3) is 17.2 Å². The van der Waals surface area contributed by atoms with Crippen LogP contribution in [0.15, 0.2) is 72.8 Å². The lowest BCUT2D eigenvalue weighted by Gasteiger charge is -2.25. The number of carbonyl (C=O) groups is 1. The Bertz CT molecular complexity index is 1230. The first-order chi connectivity index (χ1) is 17.1. The molecule has 180 valence electrons. The number of fused-ring (bicyclic) bond motifs is 1. The SMILES string of the molecule is CCN(CC)C(=O)C=Cc1ccc(C2=C(c3ccc(OC)cc3)CCc3cc(OC)ccc32)cc1.